The van der Waals surface area contributed by atoms with Crippen LogP contribution in [0.5, 0.6) is 0 Å². The Morgan fingerprint density at radius 3 is 2.65 bits per heavy atom. The van der Waals surface area contributed by atoms with Crippen molar-refractivity contribution in [1.82, 2.24) is 10.2 Å². The Morgan fingerprint density at radius 1 is 1.25 bits per heavy atom. The number of nitrogens with zero attached hydrogens (tertiary/aromatic N) is 1. The number of amides is 1. The molecule has 0 unspecified atom stereocenters. The number of rotatable bonds is 8. The van der Waals surface area contributed by atoms with Crippen molar-refractivity contribution < 1.29 is 9.59 Å². The number of hydrogen-bond acceptors (Lipinski definition) is 4. The average Bonchev–Trinajstić information content (AvgIpc) is 2.38. The third-order valence-corrected chi connectivity index (χ3v) is 2.80. The highest BCUT2D eigenvalue weighted by Crippen LogP contribution is 2.10. The van der Waals surface area contributed by atoms with Crippen LogP contribution in [0, 0.1) is 0 Å². The third-order valence-electron chi connectivity index (χ3n) is 2.80. The summed E-state index contributed by atoms with van der Waals surface area (Å²) >= 11 is 0. The Morgan fingerprint density at radius 2 is 2.00 bits per heavy atom. The zero-order chi connectivity index (χ0) is 15.0. The molecule has 0 aliphatic heterocycles. The SMILES string of the molecule is CC(=O)c1cccc(NC(=O)CNCCCN(C)C)c1. The van der Waals surface area contributed by atoms with Crippen molar-refractivity contribution in [3.05, 3.63) is 29.8 Å². The van der Waals surface area contributed by atoms with Crippen molar-refractivity contribution in [2.45, 2.75) is 13.3 Å². The number of carbonyl (C=O) groups excluding carboxylic acids is 2. The van der Waals surface area contributed by atoms with Gasteiger partial charge in [-0.15, -0.1) is 0 Å². The first-order valence-electron chi connectivity index (χ1n) is 6.75. The van der Waals surface area contributed by atoms with Gasteiger partial charge in [0.15, 0.2) is 5.78 Å². The van der Waals surface area contributed by atoms with Gasteiger partial charge >= 0.3 is 0 Å². The van der Waals surface area contributed by atoms with E-state index < -0.39 is 0 Å². The first-order valence-corrected chi connectivity index (χ1v) is 6.75. The first kappa shape index (κ1) is 16.3. The topological polar surface area (TPSA) is 61.4 Å². The Kier molecular flexibility index (Phi) is 6.90. The zero-order valence-corrected chi connectivity index (χ0v) is 12.4. The number of hydrogen-bond donors (Lipinski definition) is 2. The molecule has 2 N–H and O–H groups in total. The van der Waals surface area contributed by atoms with Gasteiger partial charge in [-0.2, -0.15) is 0 Å². The van der Waals surface area contributed by atoms with Crippen LogP contribution in [0.25, 0.3) is 0 Å². The van der Waals surface area contributed by atoms with Crippen molar-refractivity contribution in [2.24, 2.45) is 0 Å². The molecule has 110 valence electrons. The molecule has 1 amide bonds. The van der Waals surface area contributed by atoms with Gasteiger partial charge in [0, 0.05) is 11.3 Å². The molecule has 0 aromatic heterocycles. The number of benzene rings is 1. The molecule has 0 radical (unpaired) electrons. The predicted molar refractivity (Wildman–Crippen MR) is 81.1 cm³/mol. The van der Waals surface area contributed by atoms with Gasteiger partial charge in [0.25, 0.3) is 0 Å². The van der Waals surface area contributed by atoms with Crippen LogP contribution in [0.4, 0.5) is 5.69 Å². The van der Waals surface area contributed by atoms with Gasteiger partial charge in [0.2, 0.25) is 5.91 Å². The highest BCUT2D eigenvalue weighted by molar-refractivity contribution is 5.97. The maximum atomic E-state index is 11.7. The van der Waals surface area contributed by atoms with Crippen LogP contribution in [-0.4, -0.2) is 50.3 Å². The van der Waals surface area contributed by atoms with Crippen molar-refractivity contribution in [1.29, 1.82) is 0 Å². The van der Waals surface area contributed by atoms with Crippen LogP contribution in [0.1, 0.15) is 23.7 Å². The molecule has 0 spiro atoms. The molecular weight excluding hydrogens is 254 g/mol. The molecule has 5 nitrogen and oxygen atoms in total. The Labute approximate surface area is 120 Å². The summed E-state index contributed by atoms with van der Waals surface area (Å²) in [6.07, 6.45) is 1.00. The van der Waals surface area contributed by atoms with Gasteiger partial charge in [0.1, 0.15) is 0 Å². The molecule has 0 saturated carbocycles. The molecule has 0 heterocycles. The van der Waals surface area contributed by atoms with E-state index in [1.54, 1.807) is 24.3 Å². The van der Waals surface area contributed by atoms with Gasteiger partial charge < -0.3 is 15.5 Å². The quantitative estimate of drug-likeness (QED) is 0.556. The summed E-state index contributed by atoms with van der Waals surface area (Å²) in [6.45, 7) is 3.58. The van der Waals surface area contributed by atoms with E-state index in [2.05, 4.69) is 15.5 Å². The maximum Gasteiger partial charge on any atom is 0.238 e. The average molecular weight is 277 g/mol. The van der Waals surface area contributed by atoms with Crippen molar-refractivity contribution in [2.75, 3.05) is 39.0 Å². The number of ketones is 1. The summed E-state index contributed by atoms with van der Waals surface area (Å²) in [5.41, 5.74) is 1.25. The molecule has 0 saturated heterocycles. The minimum absolute atomic E-state index is 0.0112. The van der Waals surface area contributed by atoms with Gasteiger partial charge in [0.05, 0.1) is 6.54 Å². The molecule has 0 bridgehead atoms. The third kappa shape index (κ3) is 6.45. The monoisotopic (exact) mass is 277 g/mol. The van der Waals surface area contributed by atoms with Crippen LogP contribution >= 0.6 is 0 Å². The van der Waals surface area contributed by atoms with E-state index in [4.69, 9.17) is 0 Å². The lowest BCUT2D eigenvalue weighted by Gasteiger charge is -2.10. The zero-order valence-electron chi connectivity index (χ0n) is 12.4. The summed E-state index contributed by atoms with van der Waals surface area (Å²) in [7, 11) is 4.05. The van der Waals surface area contributed by atoms with Crippen molar-refractivity contribution in [3.63, 3.8) is 0 Å². The Balaban J connectivity index is 2.32. The molecule has 20 heavy (non-hydrogen) atoms. The molecule has 0 fully saturated rings. The van der Waals surface area contributed by atoms with Crippen LogP contribution in [0.3, 0.4) is 0 Å². The van der Waals surface area contributed by atoms with E-state index in [0.717, 1.165) is 19.5 Å². The minimum atomic E-state index is -0.101. The standard InChI is InChI=1S/C15H23N3O2/c1-12(19)13-6-4-7-14(10-13)17-15(20)11-16-8-5-9-18(2)3/h4,6-7,10,16H,5,8-9,11H2,1-3H3,(H,17,20). The molecule has 0 atom stereocenters. The van der Waals surface area contributed by atoms with E-state index in [-0.39, 0.29) is 18.2 Å². The van der Waals surface area contributed by atoms with Gasteiger partial charge in [-0.05, 0) is 52.7 Å². The smallest absolute Gasteiger partial charge is 0.238 e. The number of nitrogens with one attached hydrogen (secondary N) is 2. The second kappa shape index (κ2) is 8.45. The number of carbonyl (C=O) groups is 2. The molecule has 1 aromatic rings. The van der Waals surface area contributed by atoms with E-state index in [9.17, 15) is 9.59 Å². The van der Waals surface area contributed by atoms with Gasteiger partial charge in [-0.25, -0.2) is 0 Å². The van der Waals surface area contributed by atoms with Crippen LogP contribution < -0.4 is 10.6 Å². The summed E-state index contributed by atoms with van der Waals surface area (Å²) in [4.78, 5) is 25.1. The largest absolute Gasteiger partial charge is 0.325 e. The molecule has 5 heteroatoms. The lowest BCUT2D eigenvalue weighted by molar-refractivity contribution is -0.115. The first-order chi connectivity index (χ1) is 9.49. The van der Waals surface area contributed by atoms with E-state index in [1.807, 2.05) is 14.1 Å². The molecular formula is C15H23N3O2. The van der Waals surface area contributed by atoms with Gasteiger partial charge in [-0.3, -0.25) is 9.59 Å². The normalized spacial score (nSPS) is 10.6. The van der Waals surface area contributed by atoms with Gasteiger partial charge in [-0.1, -0.05) is 12.1 Å². The highest BCUT2D eigenvalue weighted by Gasteiger charge is 2.04. The fourth-order valence-electron chi connectivity index (χ4n) is 1.74. The van der Waals surface area contributed by atoms with Crippen LogP contribution in [-0.2, 0) is 4.79 Å². The van der Waals surface area contributed by atoms with E-state index >= 15 is 0 Å². The van der Waals surface area contributed by atoms with Crippen LogP contribution in [0.2, 0.25) is 0 Å². The summed E-state index contributed by atoms with van der Waals surface area (Å²) < 4.78 is 0. The van der Waals surface area contributed by atoms with E-state index in [0.29, 0.717) is 11.3 Å². The highest BCUT2D eigenvalue weighted by atomic mass is 16.2. The lowest BCUT2D eigenvalue weighted by atomic mass is 10.1. The summed E-state index contributed by atoms with van der Waals surface area (Å²) in [5.74, 6) is -0.113. The molecule has 1 aromatic carbocycles. The fourth-order valence-corrected chi connectivity index (χ4v) is 1.74. The minimum Gasteiger partial charge on any atom is -0.325 e. The second-order valence-corrected chi connectivity index (χ2v) is 5.02. The molecule has 0 aliphatic rings. The second-order valence-electron chi connectivity index (χ2n) is 5.02. The maximum absolute atomic E-state index is 11.7. The van der Waals surface area contributed by atoms with Crippen molar-refractivity contribution in [3.8, 4) is 0 Å². The molecule has 1 rings (SSSR count). The summed E-state index contributed by atoms with van der Waals surface area (Å²) in [5, 5.41) is 5.87. The number of Topliss-reactive ketones (excluding diaryl/α,β-unsaturated/α-hetero) is 1. The van der Waals surface area contributed by atoms with Crippen LogP contribution in [0.15, 0.2) is 24.3 Å². The lowest BCUT2D eigenvalue weighted by Crippen LogP contribution is -2.30. The Hall–Kier alpha value is -1.72. The van der Waals surface area contributed by atoms with Crippen molar-refractivity contribution >= 4 is 17.4 Å². The Bertz CT molecular complexity index is 458. The number of anilines is 1. The molecule has 0 aliphatic carbocycles. The van der Waals surface area contributed by atoms with E-state index in [1.165, 1.54) is 6.92 Å². The summed E-state index contributed by atoms with van der Waals surface area (Å²) in [6, 6.07) is 6.96. The fraction of sp³-hybridized carbons (Fsp3) is 0.467. The predicted octanol–water partition coefficient (Wildman–Crippen LogP) is 1.37.